The van der Waals surface area contributed by atoms with Crippen LogP contribution in [0.3, 0.4) is 0 Å². The van der Waals surface area contributed by atoms with E-state index in [9.17, 15) is 9.59 Å². The summed E-state index contributed by atoms with van der Waals surface area (Å²) in [5, 5.41) is 0.411. The van der Waals surface area contributed by atoms with Crippen LogP contribution in [0.5, 0.6) is 11.5 Å². The number of carbonyl (C=O) groups excluding carboxylic acids is 1. The second-order valence-electron chi connectivity index (χ2n) is 7.76. The summed E-state index contributed by atoms with van der Waals surface area (Å²) >= 11 is 6.48. The Morgan fingerprint density at radius 2 is 2.00 bits per heavy atom. The third-order valence-electron chi connectivity index (χ3n) is 5.34. The average molecular weight is 454 g/mol. The number of nitrogens with zero attached hydrogens (tertiary/aromatic N) is 1. The van der Waals surface area contributed by atoms with E-state index in [1.165, 1.54) is 13.0 Å². The largest absolute Gasteiger partial charge is 0.492 e. The molecule has 1 aliphatic rings. The average Bonchev–Trinajstić information content (AvgIpc) is 2.76. The lowest BCUT2D eigenvalue weighted by molar-refractivity contribution is 0.101. The highest BCUT2D eigenvalue weighted by molar-refractivity contribution is 6.32. The zero-order valence-electron chi connectivity index (χ0n) is 18.2. The van der Waals surface area contributed by atoms with Gasteiger partial charge in [0.05, 0.1) is 22.9 Å². The van der Waals surface area contributed by atoms with Gasteiger partial charge in [0.2, 0.25) is 6.23 Å². The van der Waals surface area contributed by atoms with E-state index in [2.05, 4.69) is 0 Å². The number of carbonyl (C=O) groups is 1. The van der Waals surface area contributed by atoms with Crippen molar-refractivity contribution in [2.75, 3.05) is 20.3 Å². The van der Waals surface area contributed by atoms with Gasteiger partial charge in [-0.05, 0) is 19.9 Å². The molecular weight excluding hydrogens is 430 g/mol. The number of hydrogen-bond acceptors (Lipinski definition) is 5. The van der Waals surface area contributed by atoms with E-state index >= 15 is 0 Å². The molecule has 2 heterocycles. The quantitative estimate of drug-likeness (QED) is 0.370. The first kappa shape index (κ1) is 22.1. The molecule has 0 saturated heterocycles. The molecule has 0 amide bonds. The Bertz CT molecular complexity index is 1230. The molecule has 0 bridgehead atoms. The van der Waals surface area contributed by atoms with E-state index in [1.807, 2.05) is 35.8 Å². The first-order valence-electron chi connectivity index (χ1n) is 10.3. The first-order valence-corrected chi connectivity index (χ1v) is 10.7. The highest BCUT2D eigenvalue weighted by atomic mass is 35.5. The highest BCUT2D eigenvalue weighted by Gasteiger charge is 2.29. The molecule has 0 aliphatic carbocycles. The van der Waals surface area contributed by atoms with E-state index < -0.39 is 6.23 Å². The second-order valence-corrected chi connectivity index (χ2v) is 8.17. The minimum Gasteiger partial charge on any atom is -0.492 e. The normalized spacial score (nSPS) is 14.3. The number of halogens is 1. The molecule has 0 fully saturated rings. The zero-order chi connectivity index (χ0) is 22.8. The summed E-state index contributed by atoms with van der Waals surface area (Å²) in [4.78, 5) is 24.7. The lowest BCUT2D eigenvalue weighted by atomic mass is 10.0. The second kappa shape index (κ2) is 9.18. The maximum Gasteiger partial charge on any atom is 0.202 e. The fourth-order valence-electron chi connectivity index (χ4n) is 3.78. The first-order chi connectivity index (χ1) is 15.4. The maximum atomic E-state index is 12.6. The summed E-state index contributed by atoms with van der Waals surface area (Å²) in [5.74, 6) is 0.759. The van der Waals surface area contributed by atoms with Gasteiger partial charge in [0.1, 0.15) is 11.5 Å². The van der Waals surface area contributed by atoms with Crippen LogP contribution in [0.4, 0.5) is 0 Å². The van der Waals surface area contributed by atoms with E-state index in [0.717, 1.165) is 17.5 Å². The molecule has 3 aromatic rings. The van der Waals surface area contributed by atoms with Gasteiger partial charge in [0.25, 0.3) is 0 Å². The van der Waals surface area contributed by atoms with Crippen molar-refractivity contribution in [3.8, 4) is 22.8 Å². The molecule has 0 radical (unpaired) electrons. The van der Waals surface area contributed by atoms with Crippen molar-refractivity contribution < 1.29 is 19.0 Å². The van der Waals surface area contributed by atoms with Crippen molar-refractivity contribution in [1.29, 1.82) is 0 Å². The number of aromatic nitrogens is 1. The van der Waals surface area contributed by atoms with E-state index in [-0.39, 0.29) is 16.8 Å². The molecule has 0 N–H and O–H groups in total. The van der Waals surface area contributed by atoms with Crippen molar-refractivity contribution in [1.82, 2.24) is 4.57 Å². The summed E-state index contributed by atoms with van der Waals surface area (Å²) in [6.07, 6.45) is 1.74. The molecule has 0 saturated carbocycles. The molecule has 4 rings (SSSR count). The van der Waals surface area contributed by atoms with Crippen LogP contribution in [0.25, 0.3) is 11.3 Å². The number of ether oxygens (including phenoxy) is 3. The standard InChI is InChI=1S/C25H24ClNO5/c1-15-6-4-7-17(10-15)25-27-14-19(16(2)28)22(29)12-21(27)18-11-20(26)24(13-23(18)32-25)31-9-5-8-30-3/h4,6-7,10-14,25H,5,8-9H2,1-3H3. The van der Waals surface area contributed by atoms with Crippen molar-refractivity contribution in [2.45, 2.75) is 26.5 Å². The van der Waals surface area contributed by atoms with Crippen LogP contribution < -0.4 is 14.9 Å². The molecule has 1 unspecified atom stereocenters. The lowest BCUT2D eigenvalue weighted by Gasteiger charge is -2.32. The van der Waals surface area contributed by atoms with Gasteiger partial charge in [-0.2, -0.15) is 0 Å². The Kier molecular flexibility index (Phi) is 6.35. The fraction of sp³-hybridized carbons (Fsp3) is 0.280. The smallest absolute Gasteiger partial charge is 0.202 e. The number of fused-ring (bicyclic) bond motifs is 3. The Balaban J connectivity index is 1.84. The monoisotopic (exact) mass is 453 g/mol. The Morgan fingerprint density at radius 1 is 1.19 bits per heavy atom. The van der Waals surface area contributed by atoms with Crippen LogP contribution in [0.15, 0.2) is 53.5 Å². The van der Waals surface area contributed by atoms with Crippen LogP contribution in [0, 0.1) is 6.92 Å². The summed E-state index contributed by atoms with van der Waals surface area (Å²) in [6, 6.07) is 12.9. The molecular formula is C25H24ClNO5. The van der Waals surface area contributed by atoms with Gasteiger partial charge in [-0.3, -0.25) is 9.59 Å². The van der Waals surface area contributed by atoms with Gasteiger partial charge in [-0.25, -0.2) is 0 Å². The minimum absolute atomic E-state index is 0.114. The SMILES string of the molecule is COCCCOc1cc2c(cc1Cl)-c1cc(=O)c(C(C)=O)cn1C(c1cccc(C)c1)O2. The number of ketones is 1. The van der Waals surface area contributed by atoms with E-state index in [4.69, 9.17) is 25.8 Å². The van der Waals surface area contributed by atoms with E-state index in [0.29, 0.717) is 41.0 Å². The fourth-order valence-corrected chi connectivity index (χ4v) is 4.00. The van der Waals surface area contributed by atoms with Crippen molar-refractivity contribution in [3.05, 3.63) is 80.6 Å². The Labute approximate surface area is 191 Å². The number of methoxy groups -OCH3 is 1. The summed E-state index contributed by atoms with van der Waals surface area (Å²) in [7, 11) is 1.64. The van der Waals surface area contributed by atoms with Crippen LogP contribution in [0.1, 0.15) is 41.1 Å². The number of Topliss-reactive ketones (excluding diaryl/α,β-unsaturated/α-hetero) is 1. The molecule has 1 aliphatic heterocycles. The minimum atomic E-state index is -0.557. The molecule has 166 valence electrons. The topological polar surface area (TPSA) is 66.8 Å². The molecule has 7 heteroatoms. The molecule has 1 aromatic heterocycles. The van der Waals surface area contributed by atoms with Gasteiger partial charge in [-0.15, -0.1) is 0 Å². The van der Waals surface area contributed by atoms with Crippen molar-refractivity contribution in [3.63, 3.8) is 0 Å². The van der Waals surface area contributed by atoms with Crippen LogP contribution >= 0.6 is 11.6 Å². The van der Waals surface area contributed by atoms with Crippen LogP contribution in [-0.4, -0.2) is 30.7 Å². The summed E-state index contributed by atoms with van der Waals surface area (Å²) in [6.45, 7) is 4.42. The Hall–Kier alpha value is -3.09. The summed E-state index contributed by atoms with van der Waals surface area (Å²) in [5.41, 5.74) is 3.03. The van der Waals surface area contributed by atoms with Crippen LogP contribution in [0.2, 0.25) is 5.02 Å². The van der Waals surface area contributed by atoms with E-state index in [1.54, 1.807) is 25.4 Å². The van der Waals surface area contributed by atoms with Gasteiger partial charge in [0.15, 0.2) is 11.2 Å². The molecule has 1 atom stereocenters. The number of hydrogen-bond donors (Lipinski definition) is 0. The van der Waals surface area contributed by atoms with Crippen molar-refractivity contribution in [2.24, 2.45) is 0 Å². The predicted octanol–water partition coefficient (Wildman–Crippen LogP) is 5.03. The van der Waals surface area contributed by atoms with Gasteiger partial charge in [0, 0.05) is 49.6 Å². The van der Waals surface area contributed by atoms with Crippen molar-refractivity contribution >= 4 is 17.4 Å². The molecule has 6 nitrogen and oxygen atoms in total. The van der Waals surface area contributed by atoms with Gasteiger partial charge < -0.3 is 18.8 Å². The summed E-state index contributed by atoms with van der Waals surface area (Å²) < 4.78 is 19.1. The molecule has 32 heavy (non-hydrogen) atoms. The maximum absolute atomic E-state index is 12.6. The predicted molar refractivity (Wildman–Crippen MR) is 123 cm³/mol. The van der Waals surface area contributed by atoms with Gasteiger partial charge in [-0.1, -0.05) is 41.4 Å². The van der Waals surface area contributed by atoms with Gasteiger partial charge >= 0.3 is 0 Å². The van der Waals surface area contributed by atoms with Crippen LogP contribution in [-0.2, 0) is 4.74 Å². The molecule has 2 aromatic carbocycles. The number of rotatable bonds is 7. The lowest BCUT2D eigenvalue weighted by Crippen LogP contribution is -2.27. The Morgan fingerprint density at radius 3 is 2.72 bits per heavy atom. The number of benzene rings is 2. The molecule has 0 spiro atoms. The number of pyridine rings is 1. The third kappa shape index (κ3) is 4.29. The highest BCUT2D eigenvalue weighted by Crippen LogP contribution is 2.44. The number of aryl methyl sites for hydroxylation is 1. The third-order valence-corrected chi connectivity index (χ3v) is 5.63. The zero-order valence-corrected chi connectivity index (χ0v) is 18.9.